The van der Waals surface area contributed by atoms with Crippen molar-refractivity contribution >= 4 is 23.2 Å². The van der Waals surface area contributed by atoms with E-state index in [9.17, 15) is 13.2 Å². The van der Waals surface area contributed by atoms with Gasteiger partial charge >= 0.3 is 11.4 Å². The molecule has 0 heterocycles. The number of hydrogen-bond donors (Lipinski definition) is 0. The van der Waals surface area contributed by atoms with Gasteiger partial charge in [0.2, 0.25) is 0 Å². The molecule has 0 aromatic carbocycles. The summed E-state index contributed by atoms with van der Waals surface area (Å²) in [5.41, 5.74) is 0. The molecule has 0 spiro atoms. The molecule has 0 saturated heterocycles. The van der Waals surface area contributed by atoms with E-state index in [4.69, 9.17) is 0 Å². The molecule has 0 aromatic rings. The van der Waals surface area contributed by atoms with Crippen molar-refractivity contribution in [2.45, 2.75) is 11.4 Å². The van der Waals surface area contributed by atoms with Crippen molar-refractivity contribution in [3.8, 4) is 0 Å². The van der Waals surface area contributed by atoms with E-state index in [1.165, 1.54) is 0 Å². The summed E-state index contributed by atoms with van der Waals surface area (Å²) < 4.78 is 33.0. The number of alkyl halides is 5. The molecule has 0 aliphatic rings. The molecule has 0 fully saturated rings. The highest BCUT2D eigenvalue weighted by atomic mass is 35.5. The second-order valence-corrected chi connectivity index (χ2v) is 1.99. The Morgan fingerprint density at radius 2 is 1.75 bits per heavy atom. The van der Waals surface area contributed by atoms with Crippen molar-refractivity contribution in [2.75, 3.05) is 0 Å². The smallest absolute Gasteiger partial charge is 0.259 e. The lowest BCUT2D eigenvalue weighted by molar-refractivity contribution is -0.188. The quantitative estimate of drug-likeness (QED) is 0.576. The fourth-order valence-electron chi connectivity index (χ4n) is 0.101. The molecule has 1 nitrogen and oxygen atoms in total. The van der Waals surface area contributed by atoms with Crippen molar-refractivity contribution in [3.05, 3.63) is 0 Å². The number of ether oxygens (including phenoxy) is 1. The third-order valence-electron chi connectivity index (χ3n) is 0.223. The van der Waals surface area contributed by atoms with Gasteiger partial charge < -0.3 is 0 Å². The molecule has 0 aliphatic carbocycles. The van der Waals surface area contributed by atoms with E-state index in [0.717, 1.165) is 0 Å². The average Bonchev–Trinajstić information content (AvgIpc) is 1.21. The van der Waals surface area contributed by atoms with Gasteiger partial charge in [0.25, 0.3) is 0 Å². The standard InChI is InChI=1S/C2HCl2F3O/c3-2(4,7)8-1(5)6/h1H. The summed E-state index contributed by atoms with van der Waals surface area (Å²) in [6, 6.07) is 0. The first kappa shape index (κ1) is 8.33. The van der Waals surface area contributed by atoms with E-state index >= 15 is 0 Å². The Morgan fingerprint density at radius 1 is 1.38 bits per heavy atom. The van der Waals surface area contributed by atoms with Crippen molar-refractivity contribution in [2.24, 2.45) is 0 Å². The largest absolute Gasteiger partial charge is 0.371 e. The Balaban J connectivity index is 3.39. The van der Waals surface area contributed by atoms with Gasteiger partial charge in [-0.05, 0) is 23.2 Å². The van der Waals surface area contributed by atoms with Crippen LogP contribution >= 0.6 is 23.2 Å². The van der Waals surface area contributed by atoms with Gasteiger partial charge in [-0.3, -0.25) is 4.74 Å². The van der Waals surface area contributed by atoms with Gasteiger partial charge in [0.05, 0.1) is 0 Å². The minimum absolute atomic E-state index is 2.97. The van der Waals surface area contributed by atoms with Crippen molar-refractivity contribution in [1.29, 1.82) is 0 Å². The molecule has 0 radical (unpaired) electrons. The van der Waals surface area contributed by atoms with Crippen molar-refractivity contribution in [1.82, 2.24) is 0 Å². The van der Waals surface area contributed by atoms with Crippen LogP contribution in [-0.2, 0) is 4.74 Å². The number of halogens is 5. The fraction of sp³-hybridized carbons (Fsp3) is 1.00. The van der Waals surface area contributed by atoms with E-state index in [0.29, 0.717) is 0 Å². The zero-order chi connectivity index (χ0) is 6.78. The summed E-state index contributed by atoms with van der Waals surface area (Å²) in [6.07, 6.45) is 0. The molecular formula is C2HCl2F3O. The predicted molar refractivity (Wildman–Crippen MR) is 22.6 cm³/mol. The fourth-order valence-corrected chi connectivity index (χ4v) is 0.236. The lowest BCUT2D eigenvalue weighted by atomic mass is 11.3. The van der Waals surface area contributed by atoms with Crippen LogP contribution < -0.4 is 0 Å². The molecule has 0 aliphatic heterocycles. The summed E-state index contributed by atoms with van der Waals surface area (Å²) in [6.45, 7) is -3.30. The van der Waals surface area contributed by atoms with Gasteiger partial charge in [-0.2, -0.15) is 13.2 Å². The predicted octanol–water partition coefficient (Wildman–Crippen LogP) is 2.28. The Morgan fingerprint density at radius 3 is 1.75 bits per heavy atom. The van der Waals surface area contributed by atoms with Crippen LogP contribution in [0, 0.1) is 0 Å². The van der Waals surface area contributed by atoms with Crippen LogP contribution in [0.25, 0.3) is 0 Å². The maximum Gasteiger partial charge on any atom is 0.371 e. The average molecular weight is 169 g/mol. The third kappa shape index (κ3) is 6.33. The second-order valence-electron chi connectivity index (χ2n) is 0.824. The molecule has 0 aromatic heterocycles. The summed E-state index contributed by atoms with van der Waals surface area (Å²) in [5.74, 6) is 0. The molecule has 8 heavy (non-hydrogen) atoms. The van der Waals surface area contributed by atoms with Crippen LogP contribution in [0.1, 0.15) is 0 Å². The number of rotatable bonds is 2. The van der Waals surface area contributed by atoms with Crippen LogP contribution in [0.5, 0.6) is 0 Å². The van der Waals surface area contributed by atoms with Gasteiger partial charge in [0.1, 0.15) is 0 Å². The van der Waals surface area contributed by atoms with E-state index in [-0.39, 0.29) is 0 Å². The molecule has 0 atom stereocenters. The van der Waals surface area contributed by atoms with E-state index in [1.54, 1.807) is 0 Å². The lowest BCUT2D eigenvalue weighted by Crippen LogP contribution is -2.14. The van der Waals surface area contributed by atoms with Gasteiger partial charge in [-0.15, -0.1) is 0 Å². The first-order chi connectivity index (χ1) is 3.42. The molecule has 0 rings (SSSR count). The zero-order valence-corrected chi connectivity index (χ0v) is 4.89. The summed E-state index contributed by atoms with van der Waals surface area (Å²) in [5, 5.41) is 0. The van der Waals surface area contributed by atoms with Gasteiger partial charge in [-0.1, -0.05) is 0 Å². The van der Waals surface area contributed by atoms with Crippen LogP contribution in [0.4, 0.5) is 13.2 Å². The maximum absolute atomic E-state index is 11.5. The van der Waals surface area contributed by atoms with Crippen molar-refractivity contribution in [3.63, 3.8) is 0 Å². The molecule has 50 valence electrons. The minimum Gasteiger partial charge on any atom is -0.259 e. The molecule has 0 unspecified atom stereocenters. The maximum atomic E-state index is 11.5. The minimum atomic E-state index is -3.30. The second kappa shape index (κ2) is 2.75. The lowest BCUT2D eigenvalue weighted by Gasteiger charge is -2.07. The number of hydrogen-bond acceptors (Lipinski definition) is 1. The van der Waals surface area contributed by atoms with E-state index in [2.05, 4.69) is 27.9 Å². The highest BCUT2D eigenvalue weighted by Crippen LogP contribution is 2.26. The van der Waals surface area contributed by atoms with Crippen LogP contribution in [-0.4, -0.2) is 11.4 Å². The highest BCUT2D eigenvalue weighted by Gasteiger charge is 2.27. The Labute approximate surface area is 53.3 Å². The van der Waals surface area contributed by atoms with Crippen LogP contribution in [0.2, 0.25) is 0 Å². The van der Waals surface area contributed by atoms with Gasteiger partial charge in [0.15, 0.2) is 0 Å². The summed E-state index contributed by atoms with van der Waals surface area (Å²) in [7, 11) is 0. The van der Waals surface area contributed by atoms with E-state index < -0.39 is 11.4 Å². The Kier molecular flexibility index (Phi) is 2.87. The first-order valence-corrected chi connectivity index (χ1v) is 2.20. The zero-order valence-electron chi connectivity index (χ0n) is 3.38. The van der Waals surface area contributed by atoms with Gasteiger partial charge in [-0.25, -0.2) is 0 Å². The topological polar surface area (TPSA) is 9.23 Å². The SMILES string of the molecule is FC(F)OC(F)(Cl)Cl. The monoisotopic (exact) mass is 168 g/mol. The molecule has 6 heteroatoms. The summed E-state index contributed by atoms with van der Waals surface area (Å²) >= 11 is 8.65. The summed E-state index contributed by atoms with van der Waals surface area (Å²) in [4.78, 5) is 0. The molecule has 0 bridgehead atoms. The molecule has 0 saturated carbocycles. The van der Waals surface area contributed by atoms with Crippen LogP contribution in [0.3, 0.4) is 0 Å². The third-order valence-corrected chi connectivity index (χ3v) is 0.401. The van der Waals surface area contributed by atoms with Crippen molar-refractivity contribution < 1.29 is 17.9 Å². The van der Waals surface area contributed by atoms with Crippen LogP contribution in [0.15, 0.2) is 0 Å². The Hall–Kier alpha value is 0.330. The normalized spacial score (nSPS) is 12.8. The molecular weight excluding hydrogens is 168 g/mol. The molecule has 0 amide bonds. The van der Waals surface area contributed by atoms with E-state index in [1.807, 2.05) is 0 Å². The van der Waals surface area contributed by atoms with Gasteiger partial charge in [0, 0.05) is 0 Å². The highest BCUT2D eigenvalue weighted by molar-refractivity contribution is 6.45. The molecule has 0 N–H and O–H groups in total. The Bertz CT molecular complexity index is 70.2. The first-order valence-electron chi connectivity index (χ1n) is 1.44.